The summed E-state index contributed by atoms with van der Waals surface area (Å²) in [5.74, 6) is -0.0159. The molecular weight excluding hydrogens is 453 g/mol. The second kappa shape index (κ2) is 8.18. The largest absolute Gasteiger partial charge is 0.348 e. The molecule has 10 heteroatoms. The van der Waals surface area contributed by atoms with Crippen LogP contribution in [0.5, 0.6) is 0 Å². The topological polar surface area (TPSA) is 87.6 Å². The number of benzene rings is 2. The molecule has 1 saturated heterocycles. The van der Waals surface area contributed by atoms with Gasteiger partial charge in [0.05, 0.1) is 28.3 Å². The molecule has 4 rings (SSSR count). The number of thioether (sulfide) groups is 1. The zero-order chi connectivity index (χ0) is 20.6. The number of hydrogen-bond acceptors (Lipinski definition) is 6. The smallest absolute Gasteiger partial charge is 0.251 e. The lowest BCUT2D eigenvalue weighted by atomic mass is 10.1. The highest BCUT2D eigenvalue weighted by atomic mass is 35.5. The predicted molar refractivity (Wildman–Crippen MR) is 119 cm³/mol. The Bertz CT molecular complexity index is 1090. The van der Waals surface area contributed by atoms with Gasteiger partial charge in [-0.2, -0.15) is 0 Å². The van der Waals surface area contributed by atoms with Gasteiger partial charge in [-0.05, 0) is 35.9 Å². The molecule has 0 unspecified atom stereocenters. The first-order valence-electron chi connectivity index (χ1n) is 8.83. The summed E-state index contributed by atoms with van der Waals surface area (Å²) < 4.78 is 23.4. The molecule has 2 atom stereocenters. The van der Waals surface area contributed by atoms with E-state index in [1.165, 1.54) is 11.8 Å². The van der Waals surface area contributed by atoms with Crippen LogP contribution in [0.3, 0.4) is 0 Å². The fourth-order valence-corrected chi connectivity index (χ4v) is 7.14. The molecule has 0 aliphatic carbocycles. The van der Waals surface area contributed by atoms with Gasteiger partial charge in [-0.3, -0.25) is 9.79 Å². The van der Waals surface area contributed by atoms with Crippen molar-refractivity contribution in [1.82, 2.24) is 5.32 Å². The van der Waals surface area contributed by atoms with E-state index in [9.17, 15) is 13.2 Å². The number of carbonyl (C=O) groups is 1. The lowest BCUT2D eigenvalue weighted by Crippen LogP contribution is -2.23. The third-order valence-electron chi connectivity index (χ3n) is 4.65. The minimum absolute atomic E-state index is 0.0628. The normalized spacial score (nSPS) is 22.1. The molecule has 0 bridgehead atoms. The molecule has 6 nitrogen and oxygen atoms in total. The lowest BCUT2D eigenvalue weighted by Gasteiger charge is -2.11. The third kappa shape index (κ3) is 4.88. The van der Waals surface area contributed by atoms with Crippen LogP contribution in [0.4, 0.5) is 5.69 Å². The lowest BCUT2D eigenvalue weighted by molar-refractivity contribution is 0.0951. The Labute approximate surface area is 183 Å². The first-order chi connectivity index (χ1) is 13.8. The molecule has 152 valence electrons. The Kier molecular flexibility index (Phi) is 5.79. The summed E-state index contributed by atoms with van der Waals surface area (Å²) in [6.45, 7) is 0.377. The number of amidine groups is 1. The summed E-state index contributed by atoms with van der Waals surface area (Å²) in [4.78, 5) is 17.0. The van der Waals surface area contributed by atoms with Crippen LogP contribution in [0.15, 0.2) is 47.5 Å². The maximum absolute atomic E-state index is 12.5. The molecule has 2 aliphatic rings. The minimum atomic E-state index is -3.00. The Morgan fingerprint density at radius 1 is 1.14 bits per heavy atom. The number of carbonyl (C=O) groups excluding carboxylic acids is 1. The first kappa shape index (κ1) is 20.5. The molecule has 2 aliphatic heterocycles. The number of hydrogen-bond donors (Lipinski definition) is 2. The second-order valence-corrected chi connectivity index (χ2v) is 11.1. The van der Waals surface area contributed by atoms with Gasteiger partial charge < -0.3 is 10.6 Å². The van der Waals surface area contributed by atoms with Crippen LogP contribution in [0.2, 0.25) is 10.0 Å². The van der Waals surface area contributed by atoms with Crippen molar-refractivity contribution >= 4 is 61.6 Å². The highest BCUT2D eigenvalue weighted by Gasteiger charge is 2.42. The predicted octanol–water partition coefficient (Wildman–Crippen LogP) is 3.60. The molecule has 0 saturated carbocycles. The highest BCUT2D eigenvalue weighted by Crippen LogP contribution is 2.35. The van der Waals surface area contributed by atoms with Crippen LogP contribution in [0.1, 0.15) is 15.9 Å². The summed E-state index contributed by atoms with van der Waals surface area (Å²) in [5, 5.41) is 7.64. The van der Waals surface area contributed by atoms with Crippen molar-refractivity contribution in [2.45, 2.75) is 17.8 Å². The van der Waals surface area contributed by atoms with Gasteiger partial charge in [0.15, 0.2) is 15.0 Å². The maximum atomic E-state index is 12.5. The van der Waals surface area contributed by atoms with Crippen LogP contribution in [0, 0.1) is 0 Å². The first-order valence-corrected chi connectivity index (χ1v) is 12.3. The molecule has 2 aromatic carbocycles. The number of nitrogens with one attached hydrogen (secondary N) is 2. The highest BCUT2D eigenvalue weighted by molar-refractivity contribution is 8.15. The molecular formula is C19H17Cl2N3O3S2. The van der Waals surface area contributed by atoms with Crippen molar-refractivity contribution in [1.29, 1.82) is 0 Å². The van der Waals surface area contributed by atoms with E-state index in [0.29, 0.717) is 33.0 Å². The van der Waals surface area contributed by atoms with Gasteiger partial charge in [-0.1, -0.05) is 47.1 Å². The molecule has 1 fully saturated rings. The quantitative estimate of drug-likeness (QED) is 0.713. The number of nitrogens with zero attached hydrogens (tertiary/aromatic N) is 1. The van der Waals surface area contributed by atoms with Gasteiger partial charge in [0, 0.05) is 22.4 Å². The van der Waals surface area contributed by atoms with Gasteiger partial charge in [-0.25, -0.2) is 8.42 Å². The van der Waals surface area contributed by atoms with Crippen LogP contribution >= 0.6 is 35.0 Å². The second-order valence-electron chi connectivity index (χ2n) is 6.86. The van der Waals surface area contributed by atoms with Crippen molar-refractivity contribution in [2.75, 3.05) is 16.8 Å². The molecule has 1 amide bonds. The van der Waals surface area contributed by atoms with Crippen LogP contribution in [-0.4, -0.2) is 42.3 Å². The van der Waals surface area contributed by atoms with Crippen molar-refractivity contribution in [3.63, 3.8) is 0 Å². The van der Waals surface area contributed by atoms with Gasteiger partial charge in [0.25, 0.3) is 5.91 Å². The zero-order valence-corrected chi connectivity index (χ0v) is 18.2. The van der Waals surface area contributed by atoms with E-state index < -0.39 is 9.84 Å². The average Bonchev–Trinajstić information content (AvgIpc) is 3.15. The third-order valence-corrected chi connectivity index (χ3v) is 8.38. The van der Waals surface area contributed by atoms with E-state index in [1.54, 1.807) is 30.3 Å². The number of halogens is 2. The Morgan fingerprint density at radius 3 is 2.62 bits per heavy atom. The Balaban J connectivity index is 1.42. The Morgan fingerprint density at radius 2 is 1.90 bits per heavy atom. The van der Waals surface area contributed by atoms with Crippen molar-refractivity contribution < 1.29 is 13.2 Å². The monoisotopic (exact) mass is 469 g/mol. The molecule has 29 heavy (non-hydrogen) atoms. The fraction of sp³-hybridized carbons (Fsp3) is 0.263. The molecule has 0 spiro atoms. The fourth-order valence-electron chi connectivity index (χ4n) is 3.18. The molecule has 2 N–H and O–H groups in total. The van der Waals surface area contributed by atoms with E-state index in [-0.39, 0.29) is 28.7 Å². The van der Waals surface area contributed by atoms with E-state index in [2.05, 4.69) is 15.6 Å². The number of aliphatic imine (C=N–C) groups is 1. The molecule has 2 heterocycles. The number of sulfone groups is 1. The molecule has 2 aromatic rings. The SMILES string of the molecule is O=C(NCc1ccc(Cl)cc1)c1ccc(Cl)c(NC2=N[C@@H]3CS(=O)(=O)C[C@H]3S2)c1. The van der Waals surface area contributed by atoms with Gasteiger partial charge in [-0.15, -0.1) is 0 Å². The van der Waals surface area contributed by atoms with Crippen molar-refractivity contribution in [3.05, 3.63) is 63.6 Å². The van der Waals surface area contributed by atoms with Gasteiger partial charge in [0.1, 0.15) is 0 Å². The number of amides is 1. The number of fused-ring (bicyclic) bond motifs is 1. The zero-order valence-electron chi connectivity index (χ0n) is 15.1. The minimum Gasteiger partial charge on any atom is -0.348 e. The van der Waals surface area contributed by atoms with E-state index >= 15 is 0 Å². The number of anilines is 1. The standard InChI is InChI=1S/C19H17Cl2N3O3S2/c20-13-4-1-11(2-5-13)8-22-18(25)12-3-6-14(21)15(7-12)23-19-24-16-9-29(26,27)10-17(16)28-19/h1-7,16-17H,8-10H2,(H,22,25)(H,23,24)/t16-,17-/m1/s1. The van der Waals surface area contributed by atoms with Crippen molar-refractivity contribution in [3.8, 4) is 0 Å². The van der Waals surface area contributed by atoms with E-state index in [4.69, 9.17) is 23.2 Å². The summed E-state index contributed by atoms with van der Waals surface area (Å²) in [7, 11) is -3.00. The summed E-state index contributed by atoms with van der Waals surface area (Å²) in [6.07, 6.45) is 0. The van der Waals surface area contributed by atoms with E-state index in [0.717, 1.165) is 5.56 Å². The molecule has 0 radical (unpaired) electrons. The van der Waals surface area contributed by atoms with Crippen LogP contribution in [0.25, 0.3) is 0 Å². The number of rotatable bonds is 4. The summed E-state index contributed by atoms with van der Waals surface area (Å²) in [6, 6.07) is 12.0. The van der Waals surface area contributed by atoms with E-state index in [1.807, 2.05) is 12.1 Å². The summed E-state index contributed by atoms with van der Waals surface area (Å²) >= 11 is 13.5. The Hall–Kier alpha value is -1.74. The molecule has 0 aromatic heterocycles. The van der Waals surface area contributed by atoms with Crippen LogP contribution in [-0.2, 0) is 16.4 Å². The summed E-state index contributed by atoms with van der Waals surface area (Å²) in [5.41, 5.74) is 1.95. The van der Waals surface area contributed by atoms with Gasteiger partial charge in [0.2, 0.25) is 0 Å². The average molecular weight is 470 g/mol. The maximum Gasteiger partial charge on any atom is 0.251 e. The van der Waals surface area contributed by atoms with Gasteiger partial charge >= 0.3 is 0 Å². The van der Waals surface area contributed by atoms with Crippen LogP contribution < -0.4 is 10.6 Å². The van der Waals surface area contributed by atoms with Crippen molar-refractivity contribution in [2.24, 2.45) is 4.99 Å².